The van der Waals surface area contributed by atoms with Crippen LogP contribution in [0, 0.1) is 0 Å². The Morgan fingerprint density at radius 3 is 2.70 bits per heavy atom. The van der Waals surface area contributed by atoms with Gasteiger partial charge in [0, 0.05) is 11.8 Å². The fourth-order valence-corrected chi connectivity index (χ4v) is 4.96. The van der Waals surface area contributed by atoms with Crippen LogP contribution in [0.2, 0.25) is 0 Å². The van der Waals surface area contributed by atoms with Crippen molar-refractivity contribution in [3.63, 3.8) is 0 Å². The summed E-state index contributed by atoms with van der Waals surface area (Å²) in [5.74, 6) is 2.50. The summed E-state index contributed by atoms with van der Waals surface area (Å²) in [4.78, 5) is 18.2. The zero-order chi connectivity index (χ0) is 22.8. The van der Waals surface area contributed by atoms with Gasteiger partial charge in [-0.05, 0) is 35.7 Å². The van der Waals surface area contributed by atoms with Gasteiger partial charge in [-0.25, -0.2) is 4.98 Å². The fraction of sp³-hybridized carbons (Fsp3) is 0.130. The molecule has 1 aromatic carbocycles. The highest BCUT2D eigenvalue weighted by Crippen LogP contribution is 2.34. The average molecular weight is 478 g/mol. The van der Waals surface area contributed by atoms with E-state index in [1.54, 1.807) is 43.9 Å². The summed E-state index contributed by atoms with van der Waals surface area (Å²) >= 11 is 3.05. The van der Waals surface area contributed by atoms with Crippen molar-refractivity contribution in [2.45, 2.75) is 10.9 Å². The van der Waals surface area contributed by atoms with E-state index in [2.05, 4.69) is 15.2 Å². The lowest BCUT2D eigenvalue weighted by atomic mass is 10.3. The summed E-state index contributed by atoms with van der Waals surface area (Å²) in [6.45, 7) is 0. The van der Waals surface area contributed by atoms with Crippen LogP contribution in [-0.2, 0) is 5.75 Å². The number of fused-ring (bicyclic) bond motifs is 1. The Labute approximate surface area is 197 Å². The summed E-state index contributed by atoms with van der Waals surface area (Å²) in [7, 11) is 3.20. The molecule has 0 radical (unpaired) electrons. The van der Waals surface area contributed by atoms with Gasteiger partial charge in [-0.15, -0.1) is 21.5 Å². The van der Waals surface area contributed by atoms with Gasteiger partial charge in [0.05, 0.1) is 36.7 Å². The first-order valence-corrected chi connectivity index (χ1v) is 11.9. The number of para-hydroxylation sites is 2. The predicted molar refractivity (Wildman–Crippen MR) is 129 cm³/mol. The first-order chi connectivity index (χ1) is 16.2. The van der Waals surface area contributed by atoms with Gasteiger partial charge in [-0.1, -0.05) is 30.0 Å². The molecule has 5 aromatic rings. The van der Waals surface area contributed by atoms with Gasteiger partial charge in [0.2, 0.25) is 0 Å². The van der Waals surface area contributed by atoms with Gasteiger partial charge in [-0.3, -0.25) is 13.8 Å². The van der Waals surface area contributed by atoms with Crippen molar-refractivity contribution < 1.29 is 9.47 Å². The standard InChI is InChI=1S/C23H19N5O3S2/c1-30-16-9-10-20-24-15(12-21(29)27(20)13-16)14-33-23-26-25-22(19-8-5-11-32-19)28(23)17-6-3-4-7-18(17)31-2/h3-13H,14H2,1-2H3. The highest BCUT2D eigenvalue weighted by molar-refractivity contribution is 7.98. The third-order valence-electron chi connectivity index (χ3n) is 4.97. The molecule has 4 heterocycles. The van der Waals surface area contributed by atoms with Crippen molar-refractivity contribution in [3.8, 4) is 27.9 Å². The number of aromatic nitrogens is 5. The van der Waals surface area contributed by atoms with E-state index >= 15 is 0 Å². The van der Waals surface area contributed by atoms with Crippen molar-refractivity contribution in [3.05, 3.63) is 82.2 Å². The Bertz CT molecular complexity index is 1480. The van der Waals surface area contributed by atoms with Crippen LogP contribution in [0.25, 0.3) is 22.0 Å². The van der Waals surface area contributed by atoms with Crippen LogP contribution < -0.4 is 15.0 Å². The summed E-state index contributed by atoms with van der Waals surface area (Å²) in [5.41, 5.74) is 1.89. The molecule has 0 saturated heterocycles. The van der Waals surface area contributed by atoms with E-state index in [0.717, 1.165) is 16.4 Å². The van der Waals surface area contributed by atoms with Crippen LogP contribution >= 0.6 is 23.1 Å². The zero-order valence-corrected chi connectivity index (χ0v) is 19.5. The first kappa shape index (κ1) is 21.2. The van der Waals surface area contributed by atoms with Crippen LogP contribution in [0.1, 0.15) is 5.69 Å². The molecule has 5 rings (SSSR count). The van der Waals surface area contributed by atoms with Crippen LogP contribution in [0.15, 0.2) is 76.1 Å². The molecule has 0 N–H and O–H groups in total. The largest absolute Gasteiger partial charge is 0.495 e. The molecule has 33 heavy (non-hydrogen) atoms. The van der Waals surface area contributed by atoms with E-state index < -0.39 is 0 Å². The second-order valence-corrected chi connectivity index (χ2v) is 8.85. The number of pyridine rings is 1. The van der Waals surface area contributed by atoms with Crippen molar-refractivity contribution in [1.29, 1.82) is 0 Å². The Hall–Kier alpha value is -3.63. The Morgan fingerprint density at radius 2 is 1.91 bits per heavy atom. The van der Waals surface area contributed by atoms with Gasteiger partial charge in [0.15, 0.2) is 11.0 Å². The minimum Gasteiger partial charge on any atom is -0.495 e. The molecule has 0 unspecified atom stereocenters. The molecule has 0 aliphatic heterocycles. The second kappa shape index (κ2) is 9.08. The molecule has 166 valence electrons. The van der Waals surface area contributed by atoms with E-state index in [9.17, 15) is 4.79 Å². The lowest BCUT2D eigenvalue weighted by molar-refractivity contribution is 0.412. The number of benzene rings is 1. The maximum absolute atomic E-state index is 12.6. The molecule has 0 amide bonds. The summed E-state index contributed by atoms with van der Waals surface area (Å²) in [6, 6.07) is 16.8. The molecule has 4 aromatic heterocycles. The van der Waals surface area contributed by atoms with Crippen molar-refractivity contribution in [2.24, 2.45) is 0 Å². The topological polar surface area (TPSA) is 83.5 Å². The number of methoxy groups -OCH3 is 2. The molecule has 8 nitrogen and oxygen atoms in total. The second-order valence-electron chi connectivity index (χ2n) is 6.96. The number of hydrogen-bond donors (Lipinski definition) is 0. The van der Waals surface area contributed by atoms with Crippen LogP contribution in [0.3, 0.4) is 0 Å². The molecular formula is C23H19N5O3S2. The molecule has 0 spiro atoms. The fourth-order valence-electron chi connectivity index (χ4n) is 3.43. The van der Waals surface area contributed by atoms with Gasteiger partial charge < -0.3 is 9.47 Å². The lowest BCUT2D eigenvalue weighted by Crippen LogP contribution is -2.15. The normalized spacial score (nSPS) is 11.1. The average Bonchev–Trinajstić information content (AvgIpc) is 3.52. The molecular weight excluding hydrogens is 458 g/mol. The van der Waals surface area contributed by atoms with Crippen LogP contribution in [-0.4, -0.2) is 38.4 Å². The molecule has 0 aliphatic rings. The van der Waals surface area contributed by atoms with Gasteiger partial charge in [-0.2, -0.15) is 0 Å². The maximum atomic E-state index is 12.6. The van der Waals surface area contributed by atoms with Crippen LogP contribution in [0.5, 0.6) is 11.5 Å². The lowest BCUT2D eigenvalue weighted by Gasteiger charge is -2.13. The minimum atomic E-state index is -0.167. The quantitative estimate of drug-likeness (QED) is 0.323. The molecule has 10 heteroatoms. The summed E-state index contributed by atoms with van der Waals surface area (Å²) in [6.07, 6.45) is 1.63. The Morgan fingerprint density at radius 1 is 1.03 bits per heavy atom. The molecule has 0 saturated carbocycles. The van der Waals surface area contributed by atoms with Crippen molar-refractivity contribution in [2.75, 3.05) is 14.2 Å². The third kappa shape index (κ3) is 4.10. The highest BCUT2D eigenvalue weighted by atomic mass is 32.2. The smallest absolute Gasteiger partial charge is 0.258 e. The number of hydrogen-bond acceptors (Lipinski definition) is 8. The van der Waals surface area contributed by atoms with E-state index in [1.165, 1.54) is 22.2 Å². The Balaban J connectivity index is 1.52. The van der Waals surface area contributed by atoms with Crippen LogP contribution in [0.4, 0.5) is 0 Å². The molecule has 0 bridgehead atoms. The predicted octanol–water partition coefficient (Wildman–Crippen LogP) is 4.31. The third-order valence-corrected chi connectivity index (χ3v) is 6.80. The SMILES string of the molecule is COc1ccc2nc(CSc3nnc(-c4cccs4)n3-c3ccccc3OC)cc(=O)n2c1. The van der Waals surface area contributed by atoms with Crippen molar-refractivity contribution >= 4 is 28.7 Å². The molecule has 0 atom stereocenters. The number of thiophene rings is 1. The zero-order valence-electron chi connectivity index (χ0n) is 17.8. The van der Waals surface area contributed by atoms with E-state index in [0.29, 0.717) is 33.7 Å². The number of ether oxygens (including phenoxy) is 2. The molecule has 0 aliphatic carbocycles. The maximum Gasteiger partial charge on any atom is 0.258 e. The Kier molecular flexibility index (Phi) is 5.84. The summed E-state index contributed by atoms with van der Waals surface area (Å²) < 4.78 is 14.2. The number of thioether (sulfide) groups is 1. The number of nitrogens with zero attached hydrogens (tertiary/aromatic N) is 5. The van der Waals surface area contributed by atoms with Crippen molar-refractivity contribution in [1.82, 2.24) is 24.1 Å². The summed E-state index contributed by atoms with van der Waals surface area (Å²) in [5, 5.41) is 11.6. The van der Waals surface area contributed by atoms with Gasteiger partial charge >= 0.3 is 0 Å². The first-order valence-electron chi connectivity index (χ1n) is 10.00. The van der Waals surface area contributed by atoms with Gasteiger partial charge in [0.1, 0.15) is 17.1 Å². The van der Waals surface area contributed by atoms with E-state index in [1.807, 2.05) is 46.3 Å². The van der Waals surface area contributed by atoms with E-state index in [-0.39, 0.29) is 5.56 Å². The highest BCUT2D eigenvalue weighted by Gasteiger charge is 2.20. The minimum absolute atomic E-state index is 0.167. The monoisotopic (exact) mass is 477 g/mol. The van der Waals surface area contributed by atoms with Gasteiger partial charge in [0.25, 0.3) is 5.56 Å². The molecule has 0 fully saturated rings. The number of rotatable bonds is 7. The van der Waals surface area contributed by atoms with E-state index in [4.69, 9.17) is 9.47 Å².